The highest BCUT2D eigenvalue weighted by Crippen LogP contribution is 2.41. The Bertz CT molecular complexity index is 1420. The Kier molecular flexibility index (Phi) is 4.23. The molecule has 8 nitrogen and oxygen atoms in total. The second-order valence-corrected chi connectivity index (χ2v) is 7.16. The molecule has 0 atom stereocenters. The number of aromatic nitrogens is 4. The van der Waals surface area contributed by atoms with Crippen molar-refractivity contribution in [2.75, 3.05) is 23.8 Å². The number of hydrogen-bond donors (Lipinski definition) is 1. The molecule has 4 aromatic rings. The highest BCUT2D eigenvalue weighted by Gasteiger charge is 2.38. The number of alkyl halides is 3. The second-order valence-electron chi connectivity index (χ2n) is 7.16. The van der Waals surface area contributed by atoms with Crippen LogP contribution in [0.25, 0.3) is 16.6 Å². The molecule has 0 bridgehead atoms. The van der Waals surface area contributed by atoms with E-state index in [-0.39, 0.29) is 30.4 Å². The Morgan fingerprint density at radius 1 is 1.19 bits per heavy atom. The average molecular weight is 446 g/mol. The van der Waals surface area contributed by atoms with E-state index in [0.29, 0.717) is 28.4 Å². The third kappa shape index (κ3) is 2.90. The number of halogens is 4. The summed E-state index contributed by atoms with van der Waals surface area (Å²) in [4.78, 5) is 27.0. The molecule has 1 aliphatic rings. The number of imidazole rings is 1. The summed E-state index contributed by atoms with van der Waals surface area (Å²) in [6.07, 6.45) is -1.97. The van der Waals surface area contributed by atoms with E-state index < -0.39 is 29.2 Å². The number of carbonyl (C=O) groups is 1. The Labute approximate surface area is 177 Å². The summed E-state index contributed by atoms with van der Waals surface area (Å²) in [5.74, 6) is -1.95. The van der Waals surface area contributed by atoms with Crippen LogP contribution in [0.5, 0.6) is 5.75 Å². The second kappa shape index (κ2) is 6.77. The lowest BCUT2D eigenvalue weighted by Gasteiger charge is -2.30. The van der Waals surface area contributed by atoms with Crippen molar-refractivity contribution in [2.24, 2.45) is 0 Å². The normalized spacial score (nSPS) is 14.0. The summed E-state index contributed by atoms with van der Waals surface area (Å²) < 4.78 is 60.5. The van der Waals surface area contributed by atoms with Crippen molar-refractivity contribution in [3.05, 3.63) is 53.5 Å². The highest BCUT2D eigenvalue weighted by molar-refractivity contribution is 6.07. The lowest BCUT2D eigenvalue weighted by atomic mass is 10.1. The van der Waals surface area contributed by atoms with Crippen LogP contribution in [0.4, 0.5) is 29.1 Å². The first kappa shape index (κ1) is 20.0. The van der Waals surface area contributed by atoms with Crippen LogP contribution in [0, 0.1) is 12.7 Å². The van der Waals surface area contributed by atoms with Crippen LogP contribution in [-0.2, 0) is 6.18 Å². The standard InChI is InChI=1S/C20H14F4N6O2/c1-9-26-8-15-18(25)28-12-7-27-11(6-14(12)30(9)15)19(31)29-4-5-32-17-13(29)3-2-10(16(17)21)20(22,23)24/h2-3,6-8H,4-5H2,1H3,(H2,25,28). The lowest BCUT2D eigenvalue weighted by Crippen LogP contribution is -2.39. The zero-order valence-electron chi connectivity index (χ0n) is 16.4. The molecule has 0 saturated heterocycles. The maximum atomic E-state index is 14.5. The molecule has 0 radical (unpaired) electrons. The molecular weight excluding hydrogens is 432 g/mol. The van der Waals surface area contributed by atoms with Gasteiger partial charge in [-0.2, -0.15) is 13.2 Å². The van der Waals surface area contributed by atoms with Crippen LogP contribution in [-0.4, -0.2) is 38.4 Å². The number of aryl methyl sites for hydroxylation is 1. The zero-order chi connectivity index (χ0) is 22.8. The van der Waals surface area contributed by atoms with Crippen molar-refractivity contribution in [2.45, 2.75) is 13.1 Å². The Balaban J connectivity index is 1.61. The number of rotatable bonds is 1. The summed E-state index contributed by atoms with van der Waals surface area (Å²) in [7, 11) is 0. The van der Waals surface area contributed by atoms with Gasteiger partial charge in [0.25, 0.3) is 5.91 Å². The lowest BCUT2D eigenvalue weighted by molar-refractivity contribution is -0.140. The van der Waals surface area contributed by atoms with Crippen LogP contribution < -0.4 is 15.4 Å². The van der Waals surface area contributed by atoms with E-state index in [2.05, 4.69) is 15.0 Å². The summed E-state index contributed by atoms with van der Waals surface area (Å²) in [5.41, 5.74) is 5.89. The van der Waals surface area contributed by atoms with Crippen molar-refractivity contribution >= 4 is 34.0 Å². The van der Waals surface area contributed by atoms with Crippen molar-refractivity contribution < 1.29 is 27.1 Å². The van der Waals surface area contributed by atoms with Gasteiger partial charge in [-0.05, 0) is 25.1 Å². The van der Waals surface area contributed by atoms with Crippen LogP contribution in [0.2, 0.25) is 0 Å². The first-order chi connectivity index (χ1) is 15.2. The largest absolute Gasteiger partial charge is 0.486 e. The number of hydrogen-bond acceptors (Lipinski definition) is 6. The molecule has 32 heavy (non-hydrogen) atoms. The number of pyridine rings is 1. The van der Waals surface area contributed by atoms with Gasteiger partial charge in [-0.1, -0.05) is 0 Å². The van der Waals surface area contributed by atoms with Gasteiger partial charge in [0.2, 0.25) is 0 Å². The minimum atomic E-state index is -4.89. The molecule has 3 aromatic heterocycles. The molecule has 0 unspecified atom stereocenters. The molecule has 0 fully saturated rings. The fourth-order valence-corrected chi connectivity index (χ4v) is 3.76. The molecule has 2 N–H and O–H groups in total. The minimum Gasteiger partial charge on any atom is -0.486 e. The molecule has 1 amide bonds. The van der Waals surface area contributed by atoms with E-state index in [1.165, 1.54) is 12.3 Å². The van der Waals surface area contributed by atoms with E-state index in [4.69, 9.17) is 10.5 Å². The summed E-state index contributed by atoms with van der Waals surface area (Å²) in [6.45, 7) is 1.59. The maximum absolute atomic E-state index is 14.5. The third-order valence-corrected chi connectivity index (χ3v) is 5.24. The van der Waals surface area contributed by atoms with Gasteiger partial charge >= 0.3 is 6.18 Å². The van der Waals surface area contributed by atoms with E-state index in [9.17, 15) is 22.4 Å². The Morgan fingerprint density at radius 3 is 2.72 bits per heavy atom. The van der Waals surface area contributed by atoms with Gasteiger partial charge < -0.3 is 15.4 Å². The molecule has 164 valence electrons. The number of anilines is 2. The first-order valence-electron chi connectivity index (χ1n) is 9.40. The summed E-state index contributed by atoms with van der Waals surface area (Å²) in [5, 5.41) is 0. The minimum absolute atomic E-state index is 0.00775. The van der Waals surface area contributed by atoms with Gasteiger partial charge in [0.15, 0.2) is 11.6 Å². The maximum Gasteiger partial charge on any atom is 0.419 e. The number of nitrogen functional groups attached to an aromatic ring is 1. The molecular formula is C20H14F4N6O2. The number of ether oxygens (including phenoxy) is 1. The summed E-state index contributed by atoms with van der Waals surface area (Å²) >= 11 is 0. The zero-order valence-corrected chi connectivity index (χ0v) is 16.4. The molecule has 5 rings (SSSR count). The van der Waals surface area contributed by atoms with Gasteiger partial charge in [0.1, 0.15) is 35.0 Å². The molecule has 12 heteroatoms. The fourth-order valence-electron chi connectivity index (χ4n) is 3.76. The number of fused-ring (bicyclic) bond motifs is 4. The summed E-state index contributed by atoms with van der Waals surface area (Å²) in [6, 6.07) is 3.09. The van der Waals surface area contributed by atoms with Gasteiger partial charge in [0.05, 0.1) is 35.7 Å². The van der Waals surface area contributed by atoms with Gasteiger partial charge in [-0.15, -0.1) is 0 Å². The molecule has 0 spiro atoms. The smallest absolute Gasteiger partial charge is 0.419 e. The van der Waals surface area contributed by atoms with Crippen molar-refractivity contribution in [3.63, 3.8) is 0 Å². The van der Waals surface area contributed by atoms with E-state index in [0.717, 1.165) is 11.0 Å². The molecule has 0 saturated carbocycles. The molecule has 4 heterocycles. The number of nitrogens with two attached hydrogens (primary N) is 1. The predicted octanol–water partition coefficient (Wildman–Crippen LogP) is 3.37. The topological polar surface area (TPSA) is 98.6 Å². The number of nitrogens with zero attached hydrogens (tertiary/aromatic N) is 5. The van der Waals surface area contributed by atoms with E-state index in [1.807, 2.05) is 0 Å². The van der Waals surface area contributed by atoms with Crippen molar-refractivity contribution in [3.8, 4) is 5.75 Å². The number of amides is 1. The van der Waals surface area contributed by atoms with Crippen molar-refractivity contribution in [1.29, 1.82) is 0 Å². The number of benzene rings is 1. The third-order valence-electron chi connectivity index (χ3n) is 5.24. The first-order valence-corrected chi connectivity index (χ1v) is 9.40. The fraction of sp³-hybridized carbons (Fsp3) is 0.200. The van der Waals surface area contributed by atoms with Crippen LogP contribution in [0.1, 0.15) is 21.9 Å². The van der Waals surface area contributed by atoms with Crippen molar-refractivity contribution in [1.82, 2.24) is 19.4 Å². The quantitative estimate of drug-likeness (QED) is 0.450. The predicted molar refractivity (Wildman–Crippen MR) is 106 cm³/mol. The Hall–Kier alpha value is -3.96. The molecule has 1 aromatic carbocycles. The van der Waals surface area contributed by atoms with Crippen LogP contribution >= 0.6 is 0 Å². The van der Waals surface area contributed by atoms with Gasteiger partial charge in [0, 0.05) is 0 Å². The van der Waals surface area contributed by atoms with E-state index in [1.54, 1.807) is 17.5 Å². The average Bonchev–Trinajstić information content (AvgIpc) is 3.15. The number of carbonyl (C=O) groups excluding carboxylic acids is 1. The van der Waals surface area contributed by atoms with Crippen LogP contribution in [0.15, 0.2) is 30.6 Å². The molecule has 0 aliphatic carbocycles. The van der Waals surface area contributed by atoms with E-state index >= 15 is 0 Å². The monoisotopic (exact) mass is 446 g/mol. The SMILES string of the molecule is Cc1ncc2c(N)nc3cnc(C(=O)N4CCOc5c4ccc(C(F)(F)F)c5F)cc3n12. The van der Waals surface area contributed by atoms with Gasteiger partial charge in [-0.25, -0.2) is 19.3 Å². The van der Waals surface area contributed by atoms with Crippen LogP contribution in [0.3, 0.4) is 0 Å². The van der Waals surface area contributed by atoms with Gasteiger partial charge in [-0.3, -0.25) is 9.20 Å². The Morgan fingerprint density at radius 2 is 1.97 bits per heavy atom. The highest BCUT2D eigenvalue weighted by atomic mass is 19.4. The molecule has 1 aliphatic heterocycles.